The van der Waals surface area contributed by atoms with Crippen LogP contribution in [0.4, 0.5) is 0 Å². The minimum Gasteiger partial charge on any atom is -0.328 e. The molecule has 0 radical (unpaired) electrons. The smallest absolute Gasteiger partial charge is 0.255 e. The van der Waals surface area contributed by atoms with E-state index in [-0.39, 0.29) is 5.91 Å². The predicted molar refractivity (Wildman–Crippen MR) is 86.0 cm³/mol. The normalized spacial score (nSPS) is 15.8. The highest BCUT2D eigenvalue weighted by atomic mass is 35.5. The number of rotatable bonds is 3. The number of hydrogen-bond acceptors (Lipinski definition) is 2. The van der Waals surface area contributed by atoms with Crippen molar-refractivity contribution in [2.75, 3.05) is 26.2 Å². The number of quaternary nitrogens is 1. The zero-order valence-electron chi connectivity index (χ0n) is 12.3. The van der Waals surface area contributed by atoms with Crippen LogP contribution in [0, 0.1) is 0 Å². The lowest BCUT2D eigenvalue weighted by atomic mass is 10.2. The molecule has 0 bridgehead atoms. The topological polar surface area (TPSA) is 37.6 Å². The monoisotopic (exact) mass is 316 g/mol. The van der Waals surface area contributed by atoms with Gasteiger partial charge in [0.25, 0.3) is 5.91 Å². The van der Waals surface area contributed by atoms with Crippen LogP contribution in [-0.2, 0) is 6.54 Å². The lowest BCUT2D eigenvalue weighted by molar-refractivity contribution is -0.917. The first-order valence-electron chi connectivity index (χ1n) is 7.50. The molecule has 1 fully saturated rings. The third-order valence-electron chi connectivity index (χ3n) is 4.06. The highest BCUT2D eigenvalue weighted by Crippen LogP contribution is 2.13. The van der Waals surface area contributed by atoms with Crippen molar-refractivity contribution in [1.29, 1.82) is 0 Å². The Morgan fingerprint density at radius 2 is 1.95 bits per heavy atom. The Balaban J connectivity index is 1.57. The van der Waals surface area contributed by atoms with Crippen LogP contribution in [0.2, 0.25) is 5.02 Å². The van der Waals surface area contributed by atoms with E-state index in [1.807, 2.05) is 29.2 Å². The number of pyridine rings is 1. The van der Waals surface area contributed by atoms with E-state index in [1.165, 1.54) is 10.5 Å². The molecule has 1 aliphatic heterocycles. The average Bonchev–Trinajstić information content (AvgIpc) is 2.58. The van der Waals surface area contributed by atoms with E-state index >= 15 is 0 Å². The third kappa shape index (κ3) is 3.46. The molecule has 1 aromatic heterocycles. The molecule has 1 aromatic carbocycles. The van der Waals surface area contributed by atoms with Crippen LogP contribution in [0.1, 0.15) is 15.9 Å². The number of nitrogens with zero attached hydrogens (tertiary/aromatic N) is 2. The molecule has 5 heteroatoms. The van der Waals surface area contributed by atoms with Gasteiger partial charge in [-0.25, -0.2) is 0 Å². The second kappa shape index (κ2) is 6.90. The number of carbonyl (C=O) groups is 1. The van der Waals surface area contributed by atoms with Crippen LogP contribution >= 0.6 is 11.6 Å². The fourth-order valence-electron chi connectivity index (χ4n) is 2.79. The second-order valence-electron chi connectivity index (χ2n) is 5.55. The van der Waals surface area contributed by atoms with Crippen LogP contribution in [-0.4, -0.2) is 42.0 Å². The molecular formula is C17H19ClN3O+. The Kier molecular flexibility index (Phi) is 4.71. The number of amides is 1. The molecule has 0 saturated carbocycles. The number of aromatic nitrogens is 1. The molecule has 2 aromatic rings. The van der Waals surface area contributed by atoms with Crippen molar-refractivity contribution in [2.45, 2.75) is 6.54 Å². The van der Waals surface area contributed by atoms with Gasteiger partial charge in [0.15, 0.2) is 0 Å². The summed E-state index contributed by atoms with van der Waals surface area (Å²) in [7, 11) is 0. The highest BCUT2D eigenvalue weighted by molar-refractivity contribution is 6.31. The van der Waals surface area contributed by atoms with Gasteiger partial charge in [-0.05, 0) is 18.2 Å². The Hall–Kier alpha value is -1.91. The van der Waals surface area contributed by atoms with Crippen LogP contribution in [0.15, 0.2) is 48.8 Å². The van der Waals surface area contributed by atoms with Gasteiger partial charge in [0, 0.05) is 23.0 Å². The number of halogens is 1. The molecular weight excluding hydrogens is 298 g/mol. The lowest BCUT2D eigenvalue weighted by Gasteiger charge is -2.32. The Labute approximate surface area is 135 Å². The van der Waals surface area contributed by atoms with Gasteiger partial charge < -0.3 is 9.80 Å². The van der Waals surface area contributed by atoms with E-state index in [0.717, 1.165) is 37.7 Å². The molecule has 3 rings (SSSR count). The second-order valence-corrected chi connectivity index (χ2v) is 5.96. The van der Waals surface area contributed by atoms with Crippen molar-refractivity contribution in [1.82, 2.24) is 9.88 Å². The van der Waals surface area contributed by atoms with Gasteiger partial charge in [0.2, 0.25) is 0 Å². The molecule has 0 aliphatic carbocycles. The Morgan fingerprint density at radius 3 is 2.64 bits per heavy atom. The fourth-order valence-corrected chi connectivity index (χ4v) is 2.99. The lowest BCUT2D eigenvalue weighted by Crippen LogP contribution is -3.13. The van der Waals surface area contributed by atoms with Gasteiger partial charge in [0.1, 0.15) is 6.54 Å². The molecule has 22 heavy (non-hydrogen) atoms. The van der Waals surface area contributed by atoms with Gasteiger partial charge >= 0.3 is 0 Å². The number of piperazine rings is 1. The zero-order chi connectivity index (χ0) is 15.4. The van der Waals surface area contributed by atoms with E-state index in [2.05, 4.69) is 11.1 Å². The first kappa shape index (κ1) is 15.0. The molecule has 2 heterocycles. The third-order valence-corrected chi connectivity index (χ3v) is 4.43. The summed E-state index contributed by atoms with van der Waals surface area (Å²) in [5, 5.41) is 0.823. The number of hydrogen-bond donors (Lipinski definition) is 1. The summed E-state index contributed by atoms with van der Waals surface area (Å²) in [6, 6.07) is 11.6. The summed E-state index contributed by atoms with van der Waals surface area (Å²) >= 11 is 6.22. The van der Waals surface area contributed by atoms with Gasteiger partial charge in [0.05, 0.1) is 31.7 Å². The van der Waals surface area contributed by atoms with Crippen molar-refractivity contribution >= 4 is 17.5 Å². The molecule has 0 unspecified atom stereocenters. The van der Waals surface area contributed by atoms with Crippen LogP contribution in [0.3, 0.4) is 0 Å². The van der Waals surface area contributed by atoms with Gasteiger partial charge in [-0.1, -0.05) is 29.8 Å². The number of carbonyl (C=O) groups excluding carboxylic acids is 1. The minimum atomic E-state index is 0.0740. The molecule has 0 atom stereocenters. The maximum atomic E-state index is 12.4. The van der Waals surface area contributed by atoms with Crippen molar-refractivity contribution in [3.8, 4) is 0 Å². The van der Waals surface area contributed by atoms with Crippen molar-refractivity contribution < 1.29 is 9.69 Å². The summed E-state index contributed by atoms with van der Waals surface area (Å²) in [6.45, 7) is 4.34. The van der Waals surface area contributed by atoms with Crippen LogP contribution in [0.5, 0.6) is 0 Å². The summed E-state index contributed by atoms with van der Waals surface area (Å²) in [5.74, 6) is 0.0740. The highest BCUT2D eigenvalue weighted by Gasteiger charge is 2.24. The largest absolute Gasteiger partial charge is 0.328 e. The minimum absolute atomic E-state index is 0.0740. The van der Waals surface area contributed by atoms with Crippen LogP contribution < -0.4 is 4.90 Å². The maximum absolute atomic E-state index is 12.4. The first-order chi connectivity index (χ1) is 10.7. The first-order valence-corrected chi connectivity index (χ1v) is 7.88. The van der Waals surface area contributed by atoms with Gasteiger partial charge in [-0.2, -0.15) is 0 Å². The molecule has 1 N–H and O–H groups in total. The molecule has 0 spiro atoms. The predicted octanol–water partition coefficient (Wildman–Crippen LogP) is 1.28. The number of benzene rings is 1. The number of nitrogens with one attached hydrogen (secondary N) is 1. The average molecular weight is 317 g/mol. The standard InChI is InChI=1S/C17H18ClN3O/c18-16-6-2-1-4-15(16)13-20-8-10-21(11-9-20)17(22)14-5-3-7-19-12-14/h1-7,12H,8-11,13H2/p+1. The SMILES string of the molecule is O=C(c1cccnc1)N1CC[NH+](Cc2ccccc2Cl)CC1. The van der Waals surface area contributed by atoms with Gasteiger partial charge in [-0.15, -0.1) is 0 Å². The van der Waals surface area contributed by atoms with Crippen LogP contribution in [0.25, 0.3) is 0 Å². The Morgan fingerprint density at radius 1 is 1.18 bits per heavy atom. The van der Waals surface area contributed by atoms with Gasteiger partial charge in [-0.3, -0.25) is 9.78 Å². The molecule has 114 valence electrons. The van der Waals surface area contributed by atoms with E-state index in [4.69, 9.17) is 11.6 Å². The summed E-state index contributed by atoms with van der Waals surface area (Å²) in [6.07, 6.45) is 3.31. The quantitative estimate of drug-likeness (QED) is 0.926. The molecule has 1 saturated heterocycles. The van der Waals surface area contributed by atoms with E-state index in [0.29, 0.717) is 5.56 Å². The Bertz CT molecular complexity index is 639. The van der Waals surface area contributed by atoms with E-state index < -0.39 is 0 Å². The fraction of sp³-hybridized carbons (Fsp3) is 0.294. The van der Waals surface area contributed by atoms with Crippen molar-refractivity contribution in [3.05, 3.63) is 64.9 Å². The molecule has 1 aliphatic rings. The van der Waals surface area contributed by atoms with E-state index in [1.54, 1.807) is 18.5 Å². The molecule has 4 nitrogen and oxygen atoms in total. The summed E-state index contributed by atoms with van der Waals surface area (Å²) < 4.78 is 0. The molecule has 1 amide bonds. The summed E-state index contributed by atoms with van der Waals surface area (Å²) in [4.78, 5) is 19.8. The van der Waals surface area contributed by atoms with Crippen molar-refractivity contribution in [3.63, 3.8) is 0 Å². The van der Waals surface area contributed by atoms with Crippen molar-refractivity contribution in [2.24, 2.45) is 0 Å². The summed E-state index contributed by atoms with van der Waals surface area (Å²) in [5.41, 5.74) is 1.84. The maximum Gasteiger partial charge on any atom is 0.255 e. The zero-order valence-corrected chi connectivity index (χ0v) is 13.1. The van der Waals surface area contributed by atoms with E-state index in [9.17, 15) is 4.79 Å².